The van der Waals surface area contributed by atoms with Crippen molar-refractivity contribution in [3.05, 3.63) is 41.5 Å². The van der Waals surface area contributed by atoms with Gasteiger partial charge >= 0.3 is 0 Å². The number of phenolic OH excluding ortho intramolecular Hbond substituents is 4. The second kappa shape index (κ2) is 5.09. The van der Waals surface area contributed by atoms with E-state index in [1.807, 2.05) is 0 Å². The van der Waals surface area contributed by atoms with E-state index in [-0.39, 0.29) is 29.1 Å². The Morgan fingerprint density at radius 3 is 2.52 bits per heavy atom. The number of fused-ring (bicyclic) bond motifs is 1. The van der Waals surface area contributed by atoms with Gasteiger partial charge in [-0.2, -0.15) is 0 Å². The van der Waals surface area contributed by atoms with Gasteiger partial charge in [0.15, 0.2) is 11.5 Å². The van der Waals surface area contributed by atoms with Crippen molar-refractivity contribution in [1.82, 2.24) is 0 Å². The lowest BCUT2D eigenvalue weighted by atomic mass is 9.96. The molecule has 2 aromatic rings. The van der Waals surface area contributed by atoms with Crippen LogP contribution in [0.4, 0.5) is 0 Å². The highest BCUT2D eigenvalue weighted by Gasteiger charge is 2.23. The lowest BCUT2D eigenvalue weighted by Crippen LogP contribution is -2.24. The Morgan fingerprint density at radius 1 is 0.952 bits per heavy atom. The third kappa shape index (κ3) is 2.67. The quantitative estimate of drug-likeness (QED) is 0.637. The summed E-state index contributed by atoms with van der Waals surface area (Å²) in [5.74, 6) is 0.203. The number of hydrogen-bond acceptors (Lipinski definition) is 5. The Labute approximate surface area is 121 Å². The summed E-state index contributed by atoms with van der Waals surface area (Å²) in [6.07, 6.45) is 1.86. The highest BCUT2D eigenvalue weighted by molar-refractivity contribution is 5.50. The van der Waals surface area contributed by atoms with E-state index >= 15 is 0 Å². The third-order valence-corrected chi connectivity index (χ3v) is 3.68. The molecule has 1 heterocycles. The van der Waals surface area contributed by atoms with Gasteiger partial charge in [0, 0.05) is 24.1 Å². The summed E-state index contributed by atoms with van der Waals surface area (Å²) in [4.78, 5) is 0. The van der Waals surface area contributed by atoms with Gasteiger partial charge < -0.3 is 25.2 Å². The molecule has 21 heavy (non-hydrogen) atoms. The largest absolute Gasteiger partial charge is 0.508 e. The first-order valence-corrected chi connectivity index (χ1v) is 6.75. The van der Waals surface area contributed by atoms with Crippen molar-refractivity contribution in [2.75, 3.05) is 0 Å². The summed E-state index contributed by atoms with van der Waals surface area (Å²) >= 11 is 0. The van der Waals surface area contributed by atoms with Gasteiger partial charge in [0.1, 0.15) is 23.4 Å². The summed E-state index contributed by atoms with van der Waals surface area (Å²) in [6.45, 7) is 0. The maximum atomic E-state index is 9.78. The van der Waals surface area contributed by atoms with E-state index in [2.05, 4.69) is 0 Å². The number of rotatable bonds is 2. The minimum atomic E-state index is -0.154. The van der Waals surface area contributed by atoms with Crippen LogP contribution in [0.2, 0.25) is 0 Å². The summed E-state index contributed by atoms with van der Waals surface area (Å²) in [6, 6.07) is 7.48. The molecule has 1 unspecified atom stereocenters. The maximum Gasteiger partial charge on any atom is 0.157 e. The van der Waals surface area contributed by atoms with Gasteiger partial charge in [-0.1, -0.05) is 6.07 Å². The Morgan fingerprint density at radius 2 is 1.76 bits per heavy atom. The van der Waals surface area contributed by atoms with E-state index in [0.29, 0.717) is 24.2 Å². The number of ether oxygens (including phenoxy) is 1. The van der Waals surface area contributed by atoms with Crippen LogP contribution >= 0.6 is 0 Å². The van der Waals surface area contributed by atoms with Crippen molar-refractivity contribution in [2.45, 2.75) is 25.4 Å². The monoisotopic (exact) mass is 288 g/mol. The highest BCUT2D eigenvalue weighted by atomic mass is 16.5. The van der Waals surface area contributed by atoms with E-state index in [9.17, 15) is 20.4 Å². The van der Waals surface area contributed by atoms with Crippen molar-refractivity contribution >= 4 is 0 Å². The lowest BCUT2D eigenvalue weighted by Gasteiger charge is -2.27. The molecule has 0 aliphatic carbocycles. The summed E-state index contributed by atoms with van der Waals surface area (Å²) in [7, 11) is 0. The summed E-state index contributed by atoms with van der Waals surface area (Å²) in [5, 5.41) is 38.1. The van der Waals surface area contributed by atoms with Gasteiger partial charge in [-0.3, -0.25) is 0 Å². The standard InChI is InChI=1S/C16H16O5/c17-10-7-14(19)12-3-2-11(21-16(12)8-10)5-9-1-4-13(18)15(20)6-9/h1,4,6-8,11,17-20H,2-3,5H2. The average molecular weight is 288 g/mol. The van der Waals surface area contributed by atoms with Crippen molar-refractivity contribution in [2.24, 2.45) is 0 Å². The van der Waals surface area contributed by atoms with Crippen LogP contribution in [0.25, 0.3) is 0 Å². The van der Waals surface area contributed by atoms with Crippen molar-refractivity contribution < 1.29 is 25.2 Å². The molecule has 0 saturated heterocycles. The van der Waals surface area contributed by atoms with E-state index in [1.54, 1.807) is 6.07 Å². The SMILES string of the molecule is Oc1cc(O)c2c(c1)OC(Cc1ccc(O)c(O)c1)CC2. The van der Waals surface area contributed by atoms with Crippen molar-refractivity contribution in [3.8, 4) is 28.7 Å². The van der Waals surface area contributed by atoms with Crippen LogP contribution in [-0.4, -0.2) is 26.5 Å². The molecule has 0 aromatic heterocycles. The van der Waals surface area contributed by atoms with E-state index in [0.717, 1.165) is 12.0 Å². The lowest BCUT2D eigenvalue weighted by molar-refractivity contribution is 0.171. The zero-order chi connectivity index (χ0) is 15.0. The third-order valence-electron chi connectivity index (χ3n) is 3.68. The first kappa shape index (κ1) is 13.4. The molecule has 110 valence electrons. The molecular formula is C16H16O5. The molecule has 0 bridgehead atoms. The number of benzene rings is 2. The smallest absolute Gasteiger partial charge is 0.157 e. The zero-order valence-corrected chi connectivity index (χ0v) is 11.3. The summed E-state index contributed by atoms with van der Waals surface area (Å²) < 4.78 is 5.80. The normalized spacial score (nSPS) is 17.0. The predicted molar refractivity (Wildman–Crippen MR) is 76.0 cm³/mol. The van der Waals surface area contributed by atoms with Gasteiger partial charge in [-0.15, -0.1) is 0 Å². The molecule has 1 atom stereocenters. The summed E-state index contributed by atoms with van der Waals surface area (Å²) in [5.41, 5.74) is 1.56. The second-order valence-electron chi connectivity index (χ2n) is 5.25. The Balaban J connectivity index is 1.78. The van der Waals surface area contributed by atoms with Crippen LogP contribution in [0.1, 0.15) is 17.5 Å². The Hall–Kier alpha value is -2.56. The molecule has 5 nitrogen and oxygen atoms in total. The molecule has 2 aromatic carbocycles. The molecule has 1 aliphatic rings. The fourth-order valence-corrected chi connectivity index (χ4v) is 2.62. The number of hydrogen-bond donors (Lipinski definition) is 4. The number of aromatic hydroxyl groups is 4. The fraction of sp³-hybridized carbons (Fsp3) is 0.250. The van der Waals surface area contributed by atoms with Gasteiger partial charge in [0.25, 0.3) is 0 Å². The Kier molecular flexibility index (Phi) is 3.25. The molecule has 0 fully saturated rings. The first-order chi connectivity index (χ1) is 10.0. The van der Waals surface area contributed by atoms with Crippen LogP contribution < -0.4 is 4.74 Å². The molecule has 0 radical (unpaired) electrons. The zero-order valence-electron chi connectivity index (χ0n) is 11.3. The minimum absolute atomic E-state index is 0.0332. The fourth-order valence-electron chi connectivity index (χ4n) is 2.62. The minimum Gasteiger partial charge on any atom is -0.508 e. The van der Waals surface area contributed by atoms with Crippen LogP contribution in [0.3, 0.4) is 0 Å². The van der Waals surface area contributed by atoms with Crippen LogP contribution in [0.5, 0.6) is 28.7 Å². The highest BCUT2D eigenvalue weighted by Crippen LogP contribution is 2.38. The van der Waals surface area contributed by atoms with E-state index < -0.39 is 0 Å². The van der Waals surface area contributed by atoms with Crippen LogP contribution in [0.15, 0.2) is 30.3 Å². The molecular weight excluding hydrogens is 272 g/mol. The van der Waals surface area contributed by atoms with E-state index in [4.69, 9.17) is 4.74 Å². The predicted octanol–water partition coefficient (Wildman–Crippen LogP) is 2.45. The molecule has 5 heteroatoms. The Bertz CT molecular complexity index is 681. The number of phenols is 4. The molecule has 4 N–H and O–H groups in total. The maximum absolute atomic E-state index is 9.78. The molecule has 0 amide bonds. The van der Waals surface area contributed by atoms with Gasteiger partial charge in [-0.25, -0.2) is 0 Å². The van der Waals surface area contributed by atoms with Crippen LogP contribution in [0, 0.1) is 0 Å². The van der Waals surface area contributed by atoms with Crippen molar-refractivity contribution in [3.63, 3.8) is 0 Å². The van der Waals surface area contributed by atoms with E-state index in [1.165, 1.54) is 24.3 Å². The molecule has 0 spiro atoms. The van der Waals surface area contributed by atoms with Crippen LogP contribution in [-0.2, 0) is 12.8 Å². The van der Waals surface area contributed by atoms with Gasteiger partial charge in [0.05, 0.1) is 0 Å². The topological polar surface area (TPSA) is 90.2 Å². The first-order valence-electron chi connectivity index (χ1n) is 6.75. The second-order valence-corrected chi connectivity index (χ2v) is 5.25. The molecule has 1 aliphatic heterocycles. The molecule has 3 rings (SSSR count). The van der Waals surface area contributed by atoms with Gasteiger partial charge in [-0.05, 0) is 30.5 Å². The molecule has 0 saturated carbocycles. The van der Waals surface area contributed by atoms with Gasteiger partial charge in [0.2, 0.25) is 0 Å². The average Bonchev–Trinajstić information content (AvgIpc) is 2.42. The van der Waals surface area contributed by atoms with Crippen molar-refractivity contribution in [1.29, 1.82) is 0 Å².